The minimum Gasteiger partial charge on any atom is -0.455 e. The number of fused-ring (bicyclic) bond motifs is 4. The van der Waals surface area contributed by atoms with E-state index in [2.05, 4.69) is 187 Å². The molecule has 226 valence electrons. The van der Waals surface area contributed by atoms with Crippen LogP contribution >= 0.6 is 0 Å². The zero-order chi connectivity index (χ0) is 31.9. The quantitative estimate of drug-likeness (QED) is 0.185. The van der Waals surface area contributed by atoms with E-state index in [1.165, 1.54) is 21.9 Å². The number of furan rings is 1. The van der Waals surface area contributed by atoms with E-state index in [-0.39, 0.29) is 0 Å². The molecule has 0 bridgehead atoms. The number of benzene rings is 8. The third kappa shape index (κ3) is 4.74. The predicted octanol–water partition coefficient (Wildman–Crippen LogP) is 13.2. The molecule has 0 fully saturated rings. The van der Waals surface area contributed by atoms with E-state index in [0.717, 1.165) is 61.3 Å². The summed E-state index contributed by atoms with van der Waals surface area (Å²) in [5.74, 6) is 0. The van der Waals surface area contributed by atoms with Crippen LogP contribution in [0.5, 0.6) is 0 Å². The maximum absolute atomic E-state index is 6.73. The molecule has 0 radical (unpaired) electrons. The molecule has 9 rings (SSSR count). The molecule has 0 atom stereocenters. The van der Waals surface area contributed by atoms with Gasteiger partial charge in [0.2, 0.25) is 0 Å². The lowest BCUT2D eigenvalue weighted by Gasteiger charge is -2.30. The summed E-state index contributed by atoms with van der Waals surface area (Å²) < 4.78 is 6.73. The van der Waals surface area contributed by atoms with Crippen molar-refractivity contribution in [3.05, 3.63) is 188 Å². The summed E-state index contributed by atoms with van der Waals surface area (Å²) in [5, 5.41) is 4.56. The third-order valence-electron chi connectivity index (χ3n) is 9.29. The van der Waals surface area contributed by atoms with Crippen LogP contribution in [0.3, 0.4) is 0 Å². The Morgan fingerprint density at radius 3 is 1.71 bits per heavy atom. The Kier molecular flexibility index (Phi) is 6.84. The second kappa shape index (κ2) is 11.8. The summed E-state index contributed by atoms with van der Waals surface area (Å²) in [7, 11) is 0. The first kappa shape index (κ1) is 27.9. The SMILES string of the molecule is c1ccc(-c2ccc(-c3ccccc3N(c3cccc4ccccc34)c3ccc(-c4ccccc4)c4oc5ccccc5c34)cc2)cc1. The van der Waals surface area contributed by atoms with Crippen molar-refractivity contribution in [2.45, 2.75) is 0 Å². The highest BCUT2D eigenvalue weighted by Gasteiger charge is 2.24. The Balaban J connectivity index is 1.33. The monoisotopic (exact) mass is 613 g/mol. The smallest absolute Gasteiger partial charge is 0.145 e. The molecule has 0 aliphatic carbocycles. The molecule has 1 heterocycles. The summed E-state index contributed by atoms with van der Waals surface area (Å²) in [5.41, 5.74) is 12.0. The van der Waals surface area contributed by atoms with E-state index in [9.17, 15) is 0 Å². The Morgan fingerprint density at radius 2 is 0.896 bits per heavy atom. The molecule has 0 aliphatic rings. The summed E-state index contributed by atoms with van der Waals surface area (Å²) >= 11 is 0. The molecular formula is C46H31NO. The van der Waals surface area contributed by atoms with Gasteiger partial charge in [0.25, 0.3) is 0 Å². The molecule has 0 unspecified atom stereocenters. The van der Waals surface area contributed by atoms with Crippen molar-refractivity contribution in [3.63, 3.8) is 0 Å². The normalized spacial score (nSPS) is 11.3. The minimum atomic E-state index is 0.875. The standard InChI is InChI=1S/C46H31NO/c1-3-14-32(15-4-1)33-26-28-36(29-27-33)38-21-9-11-23-41(38)47(42-24-13-19-34-18-7-8-20-37(34)42)43-31-30-39(35-16-5-2-6-17-35)46-45(43)40-22-10-12-25-44(40)48-46/h1-31H. The first-order chi connectivity index (χ1) is 23.8. The largest absolute Gasteiger partial charge is 0.455 e. The maximum Gasteiger partial charge on any atom is 0.145 e. The van der Waals surface area contributed by atoms with Gasteiger partial charge in [0, 0.05) is 21.9 Å². The summed E-state index contributed by atoms with van der Waals surface area (Å²) in [6.07, 6.45) is 0. The highest BCUT2D eigenvalue weighted by Crippen LogP contribution is 2.49. The van der Waals surface area contributed by atoms with E-state index >= 15 is 0 Å². The lowest BCUT2D eigenvalue weighted by atomic mass is 9.96. The number of nitrogens with zero attached hydrogens (tertiary/aromatic N) is 1. The molecule has 0 aliphatic heterocycles. The molecular weight excluding hydrogens is 583 g/mol. The molecule has 1 aromatic heterocycles. The second-order valence-electron chi connectivity index (χ2n) is 12.1. The van der Waals surface area contributed by atoms with Crippen LogP contribution in [0.1, 0.15) is 0 Å². The summed E-state index contributed by atoms with van der Waals surface area (Å²) in [6.45, 7) is 0. The first-order valence-electron chi connectivity index (χ1n) is 16.4. The average molecular weight is 614 g/mol. The Bertz CT molecular complexity index is 2540. The van der Waals surface area contributed by atoms with E-state index in [4.69, 9.17) is 4.42 Å². The van der Waals surface area contributed by atoms with E-state index in [1.807, 2.05) is 6.07 Å². The van der Waals surface area contributed by atoms with Gasteiger partial charge in [-0.3, -0.25) is 0 Å². The maximum atomic E-state index is 6.73. The highest BCUT2D eigenvalue weighted by atomic mass is 16.3. The van der Waals surface area contributed by atoms with E-state index < -0.39 is 0 Å². The number of hydrogen-bond acceptors (Lipinski definition) is 2. The van der Waals surface area contributed by atoms with Gasteiger partial charge in [0.05, 0.1) is 22.4 Å². The van der Waals surface area contributed by atoms with E-state index in [0.29, 0.717) is 0 Å². The van der Waals surface area contributed by atoms with Gasteiger partial charge in [0.15, 0.2) is 0 Å². The lowest BCUT2D eigenvalue weighted by molar-refractivity contribution is 0.670. The van der Waals surface area contributed by atoms with Gasteiger partial charge in [-0.1, -0.05) is 158 Å². The highest BCUT2D eigenvalue weighted by molar-refractivity contribution is 6.18. The fourth-order valence-electron chi connectivity index (χ4n) is 7.02. The van der Waals surface area contributed by atoms with Crippen molar-refractivity contribution >= 4 is 49.8 Å². The lowest BCUT2D eigenvalue weighted by Crippen LogP contribution is -2.12. The summed E-state index contributed by atoms with van der Waals surface area (Å²) in [6, 6.07) is 66.8. The van der Waals surface area contributed by atoms with Gasteiger partial charge in [-0.05, 0) is 58.0 Å². The number of para-hydroxylation sites is 2. The third-order valence-corrected chi connectivity index (χ3v) is 9.29. The number of rotatable bonds is 6. The van der Waals surface area contributed by atoms with Crippen LogP contribution in [0.4, 0.5) is 17.1 Å². The van der Waals surface area contributed by atoms with Crippen molar-refractivity contribution in [1.82, 2.24) is 0 Å². The summed E-state index contributed by atoms with van der Waals surface area (Å²) in [4.78, 5) is 2.43. The van der Waals surface area contributed by atoms with E-state index in [1.54, 1.807) is 0 Å². The van der Waals surface area contributed by atoms with Crippen molar-refractivity contribution in [2.75, 3.05) is 4.90 Å². The van der Waals surface area contributed by atoms with Gasteiger partial charge >= 0.3 is 0 Å². The van der Waals surface area contributed by atoms with Gasteiger partial charge in [0.1, 0.15) is 11.2 Å². The molecule has 0 saturated carbocycles. The molecule has 0 spiro atoms. The predicted molar refractivity (Wildman–Crippen MR) is 202 cm³/mol. The van der Waals surface area contributed by atoms with Crippen LogP contribution in [0.25, 0.3) is 66.1 Å². The Labute approximate surface area is 279 Å². The molecule has 48 heavy (non-hydrogen) atoms. The zero-order valence-electron chi connectivity index (χ0n) is 26.3. The van der Waals surface area contributed by atoms with Crippen LogP contribution in [0.2, 0.25) is 0 Å². The molecule has 8 aromatic carbocycles. The van der Waals surface area contributed by atoms with Gasteiger partial charge in [-0.25, -0.2) is 0 Å². The number of hydrogen-bond donors (Lipinski definition) is 0. The second-order valence-corrected chi connectivity index (χ2v) is 12.1. The van der Waals surface area contributed by atoms with Gasteiger partial charge in [-0.15, -0.1) is 0 Å². The fourth-order valence-corrected chi connectivity index (χ4v) is 7.02. The molecule has 0 amide bonds. The molecule has 2 heteroatoms. The van der Waals surface area contributed by atoms with Crippen LogP contribution in [-0.4, -0.2) is 0 Å². The molecule has 0 saturated heterocycles. The average Bonchev–Trinajstić information content (AvgIpc) is 3.56. The Hall–Kier alpha value is -6.38. The van der Waals surface area contributed by atoms with Gasteiger partial charge < -0.3 is 9.32 Å². The van der Waals surface area contributed by atoms with Crippen molar-refractivity contribution in [2.24, 2.45) is 0 Å². The van der Waals surface area contributed by atoms with Crippen LogP contribution in [0, 0.1) is 0 Å². The molecule has 0 N–H and O–H groups in total. The molecule has 9 aromatic rings. The Morgan fingerprint density at radius 1 is 0.333 bits per heavy atom. The fraction of sp³-hybridized carbons (Fsp3) is 0. The van der Waals surface area contributed by atoms with Crippen LogP contribution in [0.15, 0.2) is 192 Å². The zero-order valence-corrected chi connectivity index (χ0v) is 26.3. The first-order valence-corrected chi connectivity index (χ1v) is 16.4. The van der Waals surface area contributed by atoms with Crippen molar-refractivity contribution in [3.8, 4) is 33.4 Å². The topological polar surface area (TPSA) is 16.4 Å². The van der Waals surface area contributed by atoms with Crippen molar-refractivity contribution in [1.29, 1.82) is 0 Å². The van der Waals surface area contributed by atoms with Crippen LogP contribution < -0.4 is 4.90 Å². The number of anilines is 3. The van der Waals surface area contributed by atoms with Gasteiger partial charge in [-0.2, -0.15) is 0 Å². The minimum absolute atomic E-state index is 0.875. The van der Waals surface area contributed by atoms with Crippen molar-refractivity contribution < 1.29 is 4.42 Å². The van der Waals surface area contributed by atoms with Crippen LogP contribution in [-0.2, 0) is 0 Å². The molecule has 2 nitrogen and oxygen atoms in total.